The summed E-state index contributed by atoms with van der Waals surface area (Å²) in [5.41, 5.74) is -3.44. The van der Waals surface area contributed by atoms with Gasteiger partial charge in [-0.05, 0) is 26.8 Å². The Hall–Kier alpha value is -1.69. The quantitative estimate of drug-likeness (QED) is 0.866. The summed E-state index contributed by atoms with van der Waals surface area (Å²) in [6, 6.07) is 5.60. The van der Waals surface area contributed by atoms with Crippen molar-refractivity contribution in [3.05, 3.63) is 29.8 Å². The second-order valence-corrected chi connectivity index (χ2v) is 4.88. The second kappa shape index (κ2) is 5.13. The van der Waals surface area contributed by atoms with Crippen LogP contribution >= 0.6 is 0 Å². The molecule has 0 aromatic heterocycles. The average molecular weight is 274 g/mol. The highest BCUT2D eigenvalue weighted by molar-refractivity contribution is 5.76. The maximum absolute atomic E-state index is 12.3. The van der Waals surface area contributed by atoms with Gasteiger partial charge in [0.15, 0.2) is 0 Å². The van der Waals surface area contributed by atoms with E-state index in [4.69, 9.17) is 5.11 Å². The molecule has 0 bridgehead atoms. The SMILES string of the molecule is CC(C)(C(=O)O)C(C)(O)c1ccccc1OC(F)F. The summed E-state index contributed by atoms with van der Waals surface area (Å²) in [5.74, 6) is -1.49. The minimum absolute atomic E-state index is 0.00250. The van der Waals surface area contributed by atoms with Gasteiger partial charge in [0.2, 0.25) is 0 Å². The summed E-state index contributed by atoms with van der Waals surface area (Å²) in [6.07, 6.45) is 0. The molecular weight excluding hydrogens is 258 g/mol. The van der Waals surface area contributed by atoms with Crippen molar-refractivity contribution < 1.29 is 28.5 Å². The van der Waals surface area contributed by atoms with Crippen molar-refractivity contribution in [3.8, 4) is 5.75 Å². The summed E-state index contributed by atoms with van der Waals surface area (Å²) in [7, 11) is 0. The zero-order valence-corrected chi connectivity index (χ0v) is 10.9. The molecule has 0 spiro atoms. The molecule has 0 radical (unpaired) electrons. The van der Waals surface area contributed by atoms with Crippen LogP contribution < -0.4 is 4.74 Å². The van der Waals surface area contributed by atoms with E-state index in [2.05, 4.69) is 4.74 Å². The van der Waals surface area contributed by atoms with E-state index >= 15 is 0 Å². The number of aliphatic carboxylic acids is 1. The van der Waals surface area contributed by atoms with E-state index in [0.717, 1.165) is 0 Å². The Morgan fingerprint density at radius 2 is 1.79 bits per heavy atom. The first kappa shape index (κ1) is 15.4. The standard InChI is InChI=1S/C13H16F2O4/c1-12(2,10(16)17)13(3,18)8-6-4-5-7-9(8)19-11(14)15/h4-7,11,18H,1-3H3,(H,16,17). The van der Waals surface area contributed by atoms with Gasteiger partial charge in [-0.3, -0.25) is 4.79 Å². The fourth-order valence-electron chi connectivity index (χ4n) is 1.61. The topological polar surface area (TPSA) is 66.8 Å². The Bertz CT molecular complexity index is 469. The predicted molar refractivity (Wildman–Crippen MR) is 64.1 cm³/mol. The molecule has 0 amide bonds. The van der Waals surface area contributed by atoms with Gasteiger partial charge in [-0.2, -0.15) is 8.78 Å². The van der Waals surface area contributed by atoms with Gasteiger partial charge in [0.1, 0.15) is 11.4 Å². The van der Waals surface area contributed by atoms with Crippen molar-refractivity contribution in [1.29, 1.82) is 0 Å². The van der Waals surface area contributed by atoms with Crippen molar-refractivity contribution in [2.45, 2.75) is 33.0 Å². The number of halogens is 2. The molecule has 0 saturated heterocycles. The molecule has 106 valence electrons. The van der Waals surface area contributed by atoms with E-state index in [1.807, 2.05) is 0 Å². The largest absolute Gasteiger partial charge is 0.481 e. The molecule has 1 unspecified atom stereocenters. The molecule has 1 aromatic rings. The molecule has 0 fully saturated rings. The number of para-hydroxylation sites is 1. The van der Waals surface area contributed by atoms with Crippen LogP contribution in [0.2, 0.25) is 0 Å². The van der Waals surface area contributed by atoms with Crippen LogP contribution in [-0.2, 0) is 10.4 Å². The van der Waals surface area contributed by atoms with Crippen LogP contribution in [0.4, 0.5) is 8.78 Å². The van der Waals surface area contributed by atoms with Gasteiger partial charge in [0.05, 0.1) is 5.41 Å². The van der Waals surface area contributed by atoms with E-state index in [0.29, 0.717) is 0 Å². The molecule has 1 aromatic carbocycles. The Labute approximate surface area is 109 Å². The molecular formula is C13H16F2O4. The van der Waals surface area contributed by atoms with Crippen molar-refractivity contribution in [3.63, 3.8) is 0 Å². The lowest BCUT2D eigenvalue weighted by Crippen LogP contribution is -2.45. The van der Waals surface area contributed by atoms with Gasteiger partial charge in [-0.25, -0.2) is 0 Å². The normalized spacial score (nSPS) is 15.1. The molecule has 1 rings (SSSR count). The fraction of sp³-hybridized carbons (Fsp3) is 0.462. The second-order valence-electron chi connectivity index (χ2n) is 4.88. The molecule has 1 atom stereocenters. The summed E-state index contributed by atoms with van der Waals surface area (Å²) >= 11 is 0. The minimum atomic E-state index is -3.05. The monoisotopic (exact) mass is 274 g/mol. The third-order valence-corrected chi connectivity index (χ3v) is 3.38. The van der Waals surface area contributed by atoms with Crippen LogP contribution in [0.3, 0.4) is 0 Å². The number of rotatable bonds is 5. The highest BCUT2D eigenvalue weighted by atomic mass is 19.3. The van der Waals surface area contributed by atoms with Gasteiger partial charge < -0.3 is 14.9 Å². The van der Waals surface area contributed by atoms with Gasteiger partial charge in [0.25, 0.3) is 0 Å². The fourth-order valence-corrected chi connectivity index (χ4v) is 1.61. The smallest absolute Gasteiger partial charge is 0.387 e. The van der Waals surface area contributed by atoms with Crippen molar-refractivity contribution in [2.24, 2.45) is 5.41 Å². The molecule has 0 aliphatic rings. The van der Waals surface area contributed by atoms with Crippen LogP contribution in [-0.4, -0.2) is 22.8 Å². The van der Waals surface area contributed by atoms with Crippen LogP contribution in [0.15, 0.2) is 24.3 Å². The zero-order valence-electron chi connectivity index (χ0n) is 10.9. The molecule has 0 saturated carbocycles. The van der Waals surface area contributed by atoms with E-state index in [1.165, 1.54) is 45.0 Å². The predicted octanol–water partition coefficient (Wildman–Crippen LogP) is 2.61. The van der Waals surface area contributed by atoms with Gasteiger partial charge in [0, 0.05) is 5.56 Å². The lowest BCUT2D eigenvalue weighted by molar-refractivity contribution is -0.164. The maximum Gasteiger partial charge on any atom is 0.387 e. The van der Waals surface area contributed by atoms with Gasteiger partial charge in [-0.1, -0.05) is 18.2 Å². The Balaban J connectivity index is 3.32. The lowest BCUT2D eigenvalue weighted by Gasteiger charge is -2.37. The van der Waals surface area contributed by atoms with Crippen molar-refractivity contribution in [2.75, 3.05) is 0 Å². The van der Waals surface area contributed by atoms with Gasteiger partial charge in [-0.15, -0.1) is 0 Å². The summed E-state index contributed by atoms with van der Waals surface area (Å²) in [5, 5.41) is 19.6. The summed E-state index contributed by atoms with van der Waals surface area (Å²) < 4.78 is 29.0. The number of aliphatic hydroxyl groups is 1. The molecule has 4 nitrogen and oxygen atoms in total. The third-order valence-electron chi connectivity index (χ3n) is 3.38. The number of carboxylic acid groups (broad SMARTS) is 1. The van der Waals surface area contributed by atoms with Crippen LogP contribution in [0.1, 0.15) is 26.3 Å². The zero-order chi connectivity index (χ0) is 14.8. The molecule has 0 heterocycles. The van der Waals surface area contributed by atoms with E-state index < -0.39 is 23.6 Å². The summed E-state index contributed by atoms with van der Waals surface area (Å²) in [4.78, 5) is 11.2. The minimum Gasteiger partial charge on any atom is -0.481 e. The number of hydrogen-bond acceptors (Lipinski definition) is 3. The Kier molecular flexibility index (Phi) is 4.15. The molecule has 2 N–H and O–H groups in total. The Morgan fingerprint density at radius 1 is 1.26 bits per heavy atom. The van der Waals surface area contributed by atoms with Crippen LogP contribution in [0, 0.1) is 5.41 Å². The maximum atomic E-state index is 12.3. The number of hydrogen-bond donors (Lipinski definition) is 2. The van der Waals surface area contributed by atoms with E-state index in [-0.39, 0.29) is 11.3 Å². The molecule has 6 heteroatoms. The van der Waals surface area contributed by atoms with Crippen molar-refractivity contribution in [1.82, 2.24) is 0 Å². The average Bonchev–Trinajstić information content (AvgIpc) is 2.28. The highest BCUT2D eigenvalue weighted by Crippen LogP contribution is 2.43. The van der Waals surface area contributed by atoms with E-state index in [1.54, 1.807) is 0 Å². The number of alkyl halides is 2. The number of carboxylic acids is 1. The molecule has 0 aliphatic carbocycles. The Morgan fingerprint density at radius 3 is 2.26 bits per heavy atom. The lowest BCUT2D eigenvalue weighted by atomic mass is 9.72. The highest BCUT2D eigenvalue weighted by Gasteiger charge is 2.48. The first-order valence-corrected chi connectivity index (χ1v) is 5.60. The van der Waals surface area contributed by atoms with Gasteiger partial charge >= 0.3 is 12.6 Å². The summed E-state index contributed by atoms with van der Waals surface area (Å²) in [6.45, 7) is 0.836. The van der Waals surface area contributed by atoms with Crippen molar-refractivity contribution >= 4 is 5.97 Å². The number of carbonyl (C=O) groups is 1. The number of benzene rings is 1. The van der Waals surface area contributed by atoms with E-state index in [9.17, 15) is 18.7 Å². The first-order valence-electron chi connectivity index (χ1n) is 5.60. The number of ether oxygens (including phenoxy) is 1. The van der Waals surface area contributed by atoms with Crippen LogP contribution in [0.25, 0.3) is 0 Å². The van der Waals surface area contributed by atoms with Crippen LogP contribution in [0.5, 0.6) is 5.75 Å². The third kappa shape index (κ3) is 2.84. The first-order chi connectivity index (χ1) is 8.60. The molecule has 0 aliphatic heterocycles. The molecule has 19 heavy (non-hydrogen) atoms.